The minimum atomic E-state index is -0.238. The molecule has 90 valence electrons. The maximum Gasteiger partial charge on any atom is 0.123 e. The van der Waals surface area contributed by atoms with Gasteiger partial charge in [0.1, 0.15) is 11.6 Å². The number of hydrogen-bond donors (Lipinski definition) is 1. The first-order valence-corrected chi connectivity index (χ1v) is 5.62. The fourth-order valence-electron chi connectivity index (χ4n) is 1.94. The molecule has 0 fully saturated rings. The third-order valence-corrected chi connectivity index (χ3v) is 2.67. The Labute approximate surface area is 96.6 Å². The van der Waals surface area contributed by atoms with E-state index < -0.39 is 0 Å². The van der Waals surface area contributed by atoms with Crippen LogP contribution in [0.15, 0.2) is 18.2 Å². The Bertz CT molecular complexity index is 339. The van der Waals surface area contributed by atoms with Crippen LogP contribution in [0.5, 0.6) is 5.75 Å². The Balaban J connectivity index is 3.02. The first-order chi connectivity index (χ1) is 7.58. The van der Waals surface area contributed by atoms with E-state index >= 15 is 0 Å². The van der Waals surface area contributed by atoms with Gasteiger partial charge in [-0.15, -0.1) is 0 Å². The molecule has 0 saturated carbocycles. The van der Waals surface area contributed by atoms with Crippen molar-refractivity contribution in [2.75, 3.05) is 13.7 Å². The normalized spacial score (nSPS) is 12.9. The summed E-state index contributed by atoms with van der Waals surface area (Å²) in [5.74, 6) is 1.17. The topological polar surface area (TPSA) is 35.2 Å². The standard InChI is InChI=1S/C13H20FNO/c1-9(2)6-10(8-15)12-7-11(14)4-5-13(12)16-3/h4-5,7,9-10H,6,8,15H2,1-3H3. The van der Waals surface area contributed by atoms with Crippen LogP contribution in [-0.4, -0.2) is 13.7 Å². The molecular weight excluding hydrogens is 205 g/mol. The maximum atomic E-state index is 13.2. The van der Waals surface area contributed by atoms with Gasteiger partial charge >= 0.3 is 0 Å². The van der Waals surface area contributed by atoms with E-state index in [9.17, 15) is 4.39 Å². The lowest BCUT2D eigenvalue weighted by Gasteiger charge is -2.20. The molecule has 0 heterocycles. The van der Waals surface area contributed by atoms with Gasteiger partial charge in [0.05, 0.1) is 7.11 Å². The lowest BCUT2D eigenvalue weighted by atomic mass is 9.90. The van der Waals surface area contributed by atoms with Crippen molar-refractivity contribution < 1.29 is 9.13 Å². The van der Waals surface area contributed by atoms with Crippen LogP contribution in [0.2, 0.25) is 0 Å². The zero-order valence-electron chi connectivity index (χ0n) is 10.2. The molecule has 3 heteroatoms. The van der Waals surface area contributed by atoms with Crippen molar-refractivity contribution in [3.05, 3.63) is 29.6 Å². The van der Waals surface area contributed by atoms with Gasteiger partial charge in [-0.3, -0.25) is 0 Å². The van der Waals surface area contributed by atoms with E-state index in [1.165, 1.54) is 12.1 Å². The summed E-state index contributed by atoms with van der Waals surface area (Å²) < 4.78 is 18.5. The lowest BCUT2D eigenvalue weighted by molar-refractivity contribution is 0.397. The van der Waals surface area contributed by atoms with Crippen molar-refractivity contribution in [3.8, 4) is 5.75 Å². The molecule has 0 aromatic heterocycles. The van der Waals surface area contributed by atoms with Crippen molar-refractivity contribution in [3.63, 3.8) is 0 Å². The summed E-state index contributed by atoms with van der Waals surface area (Å²) in [4.78, 5) is 0. The van der Waals surface area contributed by atoms with Gasteiger partial charge in [0.15, 0.2) is 0 Å². The number of benzene rings is 1. The SMILES string of the molecule is COc1ccc(F)cc1C(CN)CC(C)C. The van der Waals surface area contributed by atoms with Crippen LogP contribution in [0.1, 0.15) is 31.7 Å². The van der Waals surface area contributed by atoms with E-state index in [4.69, 9.17) is 10.5 Å². The highest BCUT2D eigenvalue weighted by atomic mass is 19.1. The van der Waals surface area contributed by atoms with Crippen molar-refractivity contribution in [2.24, 2.45) is 11.7 Å². The minimum absolute atomic E-state index is 0.158. The zero-order chi connectivity index (χ0) is 12.1. The number of halogens is 1. The van der Waals surface area contributed by atoms with Gasteiger partial charge in [-0.25, -0.2) is 4.39 Å². The molecule has 1 rings (SSSR count). The average Bonchev–Trinajstić information content (AvgIpc) is 2.25. The molecule has 0 bridgehead atoms. The number of methoxy groups -OCH3 is 1. The average molecular weight is 225 g/mol. The molecule has 16 heavy (non-hydrogen) atoms. The monoisotopic (exact) mass is 225 g/mol. The van der Waals surface area contributed by atoms with Crippen molar-refractivity contribution in [2.45, 2.75) is 26.2 Å². The number of rotatable bonds is 5. The van der Waals surface area contributed by atoms with Crippen LogP contribution in [0.4, 0.5) is 4.39 Å². The van der Waals surface area contributed by atoms with Crippen LogP contribution >= 0.6 is 0 Å². The quantitative estimate of drug-likeness (QED) is 0.836. The van der Waals surface area contributed by atoms with Gasteiger partial charge in [0.2, 0.25) is 0 Å². The predicted molar refractivity (Wildman–Crippen MR) is 64.2 cm³/mol. The Kier molecular flexibility index (Phi) is 4.74. The molecule has 0 aliphatic heterocycles. The van der Waals surface area contributed by atoms with Crippen LogP contribution in [0.25, 0.3) is 0 Å². The summed E-state index contributed by atoms with van der Waals surface area (Å²) in [5.41, 5.74) is 6.62. The van der Waals surface area contributed by atoms with Gasteiger partial charge in [-0.1, -0.05) is 13.8 Å². The zero-order valence-corrected chi connectivity index (χ0v) is 10.2. The molecule has 0 saturated heterocycles. The highest BCUT2D eigenvalue weighted by molar-refractivity contribution is 5.37. The first kappa shape index (κ1) is 13.0. The lowest BCUT2D eigenvalue weighted by Crippen LogP contribution is -2.15. The second kappa shape index (κ2) is 5.85. The van der Waals surface area contributed by atoms with Crippen molar-refractivity contribution in [1.29, 1.82) is 0 Å². The van der Waals surface area contributed by atoms with Gasteiger partial charge < -0.3 is 10.5 Å². The molecular formula is C13H20FNO. The molecule has 1 unspecified atom stereocenters. The van der Waals surface area contributed by atoms with Crippen LogP contribution in [0, 0.1) is 11.7 Å². The molecule has 0 radical (unpaired) electrons. The molecule has 2 N–H and O–H groups in total. The Hall–Kier alpha value is -1.09. The van der Waals surface area contributed by atoms with Crippen LogP contribution in [0.3, 0.4) is 0 Å². The molecule has 1 atom stereocenters. The molecule has 2 nitrogen and oxygen atoms in total. The minimum Gasteiger partial charge on any atom is -0.496 e. The molecule has 0 amide bonds. The van der Waals surface area contributed by atoms with Gasteiger partial charge in [-0.2, -0.15) is 0 Å². The third-order valence-electron chi connectivity index (χ3n) is 2.67. The molecule has 0 aliphatic rings. The van der Waals surface area contributed by atoms with Gasteiger partial charge in [0.25, 0.3) is 0 Å². The number of hydrogen-bond acceptors (Lipinski definition) is 2. The summed E-state index contributed by atoms with van der Waals surface area (Å²) in [6, 6.07) is 4.59. The summed E-state index contributed by atoms with van der Waals surface area (Å²) in [5, 5.41) is 0. The molecule has 1 aromatic rings. The second-order valence-corrected chi connectivity index (χ2v) is 4.45. The summed E-state index contributed by atoms with van der Waals surface area (Å²) in [7, 11) is 1.60. The van der Waals surface area contributed by atoms with Crippen LogP contribution < -0.4 is 10.5 Å². The Morgan fingerprint density at radius 2 is 2.06 bits per heavy atom. The Morgan fingerprint density at radius 1 is 1.38 bits per heavy atom. The van der Waals surface area contributed by atoms with Crippen molar-refractivity contribution in [1.82, 2.24) is 0 Å². The molecule has 1 aromatic carbocycles. The van der Waals surface area contributed by atoms with Gasteiger partial charge in [0, 0.05) is 11.5 Å². The fraction of sp³-hybridized carbons (Fsp3) is 0.538. The van der Waals surface area contributed by atoms with E-state index in [-0.39, 0.29) is 11.7 Å². The summed E-state index contributed by atoms with van der Waals surface area (Å²) >= 11 is 0. The molecule has 0 aliphatic carbocycles. The fourth-order valence-corrected chi connectivity index (χ4v) is 1.94. The largest absolute Gasteiger partial charge is 0.496 e. The predicted octanol–water partition coefficient (Wildman–Crippen LogP) is 2.92. The van der Waals surface area contributed by atoms with Gasteiger partial charge in [-0.05, 0) is 37.1 Å². The van der Waals surface area contributed by atoms with E-state index in [1.807, 2.05) is 0 Å². The van der Waals surface area contributed by atoms with E-state index in [1.54, 1.807) is 13.2 Å². The number of ether oxygens (including phenoxy) is 1. The third kappa shape index (κ3) is 3.20. The van der Waals surface area contributed by atoms with Crippen LogP contribution in [-0.2, 0) is 0 Å². The highest BCUT2D eigenvalue weighted by Gasteiger charge is 2.16. The number of nitrogens with two attached hydrogens (primary N) is 1. The maximum absolute atomic E-state index is 13.2. The van der Waals surface area contributed by atoms with E-state index in [2.05, 4.69) is 13.8 Å². The van der Waals surface area contributed by atoms with E-state index in [0.717, 1.165) is 17.7 Å². The first-order valence-electron chi connectivity index (χ1n) is 5.62. The second-order valence-electron chi connectivity index (χ2n) is 4.45. The highest BCUT2D eigenvalue weighted by Crippen LogP contribution is 2.31. The van der Waals surface area contributed by atoms with Crippen molar-refractivity contribution >= 4 is 0 Å². The molecule has 0 spiro atoms. The smallest absolute Gasteiger partial charge is 0.123 e. The van der Waals surface area contributed by atoms with E-state index in [0.29, 0.717) is 12.5 Å². The summed E-state index contributed by atoms with van der Waals surface area (Å²) in [6.07, 6.45) is 0.941. The summed E-state index contributed by atoms with van der Waals surface area (Å²) in [6.45, 7) is 4.78. The Morgan fingerprint density at radius 3 is 2.56 bits per heavy atom.